The largest absolute Gasteiger partial charge is 0.501 e. The maximum atomic E-state index is 12.8. The lowest BCUT2D eigenvalue weighted by molar-refractivity contribution is -0.394. The normalized spacial score (nSPS) is 12.0. The highest BCUT2D eigenvalue weighted by Gasteiger charge is 2.24. The first-order chi connectivity index (χ1) is 21.1. The Balaban J connectivity index is 1.60. The van der Waals surface area contributed by atoms with E-state index in [1.165, 1.54) is 24.3 Å². The molecule has 0 unspecified atom stereocenters. The number of nitrogens with zero attached hydrogens (tertiary/aromatic N) is 5. The van der Waals surface area contributed by atoms with Crippen molar-refractivity contribution in [1.82, 2.24) is 0 Å². The molecule has 0 aliphatic rings. The van der Waals surface area contributed by atoms with Gasteiger partial charge in [-0.2, -0.15) is 18.6 Å². The smallest absolute Gasteiger partial charge is 0.319 e. The highest BCUT2D eigenvalue weighted by Crippen LogP contribution is 2.37. The zero-order chi connectivity index (χ0) is 33.1. The summed E-state index contributed by atoms with van der Waals surface area (Å²) in [6, 6.07) is 11.6. The first-order valence-corrected chi connectivity index (χ1v) is 13.3. The number of anilines is 4. The van der Waals surface area contributed by atoms with E-state index in [0.29, 0.717) is 12.1 Å². The van der Waals surface area contributed by atoms with Crippen molar-refractivity contribution in [2.24, 2.45) is 10.2 Å². The molecule has 0 aliphatic carbocycles. The lowest BCUT2D eigenvalue weighted by Crippen LogP contribution is -2.47. The Hall–Kier alpha value is -6.61. The van der Waals surface area contributed by atoms with E-state index >= 15 is 0 Å². The number of nitrogens with one attached hydrogen (secondary N) is 3. The van der Waals surface area contributed by atoms with E-state index in [1.54, 1.807) is 0 Å². The van der Waals surface area contributed by atoms with Crippen molar-refractivity contribution in [3.63, 3.8) is 0 Å². The average Bonchev–Trinajstić information content (AvgIpc) is 2.97. The van der Waals surface area contributed by atoms with Crippen molar-refractivity contribution in [2.45, 2.75) is 4.90 Å². The number of nitro groups is 3. The Bertz CT molecular complexity index is 2210. The van der Waals surface area contributed by atoms with Crippen molar-refractivity contribution >= 4 is 49.9 Å². The summed E-state index contributed by atoms with van der Waals surface area (Å²) in [7, 11) is -4.83. The molecule has 0 saturated heterocycles. The second kappa shape index (κ2) is 12.3. The van der Waals surface area contributed by atoms with Crippen molar-refractivity contribution in [3.05, 3.63) is 128 Å². The molecule has 0 fully saturated rings. The monoisotopic (exact) mass is 640 g/mol. The number of aromatic hydroxyl groups is 1. The maximum Gasteiger partial charge on any atom is 0.319 e. The summed E-state index contributed by atoms with van der Waals surface area (Å²) in [6.07, 6.45) is 0. The summed E-state index contributed by atoms with van der Waals surface area (Å²) < 4.78 is 32.9. The lowest BCUT2D eigenvalue weighted by Gasteiger charge is -2.11. The van der Waals surface area contributed by atoms with E-state index in [2.05, 4.69) is 26.4 Å². The van der Waals surface area contributed by atoms with E-state index in [0.717, 1.165) is 30.3 Å². The van der Waals surface area contributed by atoms with E-state index < -0.39 is 79.9 Å². The van der Waals surface area contributed by atoms with Gasteiger partial charge in [0.15, 0.2) is 5.36 Å². The fraction of sp³-hybridized carbons (Fsp3) is 0. The van der Waals surface area contributed by atoms with Gasteiger partial charge in [0.05, 0.1) is 32.2 Å². The Morgan fingerprint density at radius 2 is 1.36 bits per heavy atom. The van der Waals surface area contributed by atoms with Gasteiger partial charge >= 0.3 is 5.69 Å². The molecule has 20 nitrogen and oxygen atoms in total. The Morgan fingerprint density at radius 1 is 0.711 bits per heavy atom. The van der Waals surface area contributed by atoms with Crippen LogP contribution >= 0.6 is 0 Å². The van der Waals surface area contributed by atoms with Crippen LogP contribution in [0.25, 0.3) is 0 Å². The quantitative estimate of drug-likeness (QED) is 0.0711. The van der Waals surface area contributed by atoms with Crippen LogP contribution in [0.5, 0.6) is 5.75 Å². The Kier molecular flexibility index (Phi) is 8.58. The van der Waals surface area contributed by atoms with Gasteiger partial charge in [-0.15, -0.1) is 0 Å². The van der Waals surface area contributed by atoms with E-state index in [9.17, 15) is 58.0 Å². The van der Waals surface area contributed by atoms with Crippen LogP contribution in [0.15, 0.2) is 91.4 Å². The average molecular weight is 641 g/mol. The van der Waals surface area contributed by atoms with Gasteiger partial charge in [0, 0.05) is 23.9 Å². The molecule has 5 N–H and O–H groups in total. The van der Waals surface area contributed by atoms with E-state index in [-0.39, 0.29) is 17.1 Å². The zero-order valence-electron chi connectivity index (χ0n) is 22.0. The molecule has 4 rings (SSSR count). The molecule has 0 spiro atoms. The number of rotatable bonds is 10. The molecule has 230 valence electrons. The van der Waals surface area contributed by atoms with Crippen LogP contribution in [-0.2, 0) is 10.1 Å². The van der Waals surface area contributed by atoms with Crippen LogP contribution in [0.4, 0.5) is 39.8 Å². The molecule has 4 aromatic rings. The number of benzene rings is 4. The summed E-state index contributed by atoms with van der Waals surface area (Å²) >= 11 is 0. The minimum atomic E-state index is -4.83. The first-order valence-electron chi connectivity index (χ1n) is 11.9. The third-order valence-corrected chi connectivity index (χ3v) is 6.66. The molecule has 0 saturated carbocycles. The Morgan fingerprint density at radius 3 is 1.96 bits per heavy atom. The topological polar surface area (TPSA) is 299 Å². The molecular formula is C24H16N8O12S. The van der Waals surface area contributed by atoms with Gasteiger partial charge in [0.1, 0.15) is 15.9 Å². The molecule has 4 aromatic carbocycles. The predicted molar refractivity (Wildman–Crippen MR) is 154 cm³/mol. The molecule has 0 aliphatic heterocycles. The molecule has 45 heavy (non-hydrogen) atoms. The first kappa shape index (κ1) is 31.3. The second-order valence-corrected chi connectivity index (χ2v) is 10.1. The van der Waals surface area contributed by atoms with Crippen LogP contribution in [0.2, 0.25) is 0 Å². The number of hydrogen-bond acceptors (Lipinski definition) is 16. The molecule has 0 atom stereocenters. The van der Waals surface area contributed by atoms with Gasteiger partial charge in [-0.1, -0.05) is 0 Å². The van der Waals surface area contributed by atoms with Crippen LogP contribution in [0, 0.1) is 30.3 Å². The predicted octanol–water partition coefficient (Wildman–Crippen LogP) is 1.56. The van der Waals surface area contributed by atoms with Crippen LogP contribution in [-0.4, -0.2) is 32.8 Å². The summed E-state index contributed by atoms with van der Waals surface area (Å²) in [6.45, 7) is 0. The molecular weight excluding hydrogens is 624 g/mol. The number of phenols is 1. The lowest BCUT2D eigenvalue weighted by atomic mass is 10.2. The van der Waals surface area contributed by atoms with Crippen LogP contribution in [0.1, 0.15) is 0 Å². The van der Waals surface area contributed by atoms with Crippen molar-refractivity contribution in [1.29, 1.82) is 0 Å². The molecule has 0 amide bonds. The van der Waals surface area contributed by atoms with Crippen molar-refractivity contribution in [2.75, 3.05) is 16.2 Å². The number of phenolic OH excluding ortho intramolecular Hbond substituents is 1. The van der Waals surface area contributed by atoms with Crippen molar-refractivity contribution in [3.8, 4) is 5.75 Å². The van der Waals surface area contributed by atoms with E-state index in [4.69, 9.17) is 0 Å². The molecule has 0 aromatic heterocycles. The zero-order valence-corrected chi connectivity index (χ0v) is 22.8. The summed E-state index contributed by atoms with van der Waals surface area (Å²) in [5, 5.41) is 52.4. The molecule has 0 heterocycles. The fourth-order valence-corrected chi connectivity index (χ4v) is 4.30. The summed E-state index contributed by atoms with van der Waals surface area (Å²) in [5.41, 5.74) is 0.229. The number of non-ortho nitro benzene ring substituents is 2. The summed E-state index contributed by atoms with van der Waals surface area (Å²) in [4.78, 5) is 54.8. The molecule has 0 radical (unpaired) electrons. The highest BCUT2D eigenvalue weighted by molar-refractivity contribution is 7.86. The Labute approximate surface area is 248 Å². The highest BCUT2D eigenvalue weighted by atomic mass is 32.2. The minimum Gasteiger partial charge on any atom is -0.501 e. The fourth-order valence-electron chi connectivity index (χ4n) is 3.64. The van der Waals surface area contributed by atoms with Gasteiger partial charge in [-0.3, -0.25) is 55.3 Å². The third-order valence-electron chi connectivity index (χ3n) is 5.77. The SMILES string of the molecule is O=c1ccc(=NNc2cc([N+](=O)[O-])cc([N+](=O)[O-])c2O)c(=O)c1=NNc1ccc(Nc2ccc([N+](=O)[O-])cc2S(=O)(=O)O)cc1. The molecule has 0 bridgehead atoms. The summed E-state index contributed by atoms with van der Waals surface area (Å²) in [5.74, 6) is -0.991. The van der Waals surface area contributed by atoms with Crippen LogP contribution < -0.4 is 37.7 Å². The molecule has 21 heteroatoms. The number of nitro benzene ring substituents is 3. The van der Waals surface area contributed by atoms with E-state index in [1.807, 2.05) is 0 Å². The van der Waals surface area contributed by atoms with Gasteiger partial charge in [-0.25, -0.2) is 0 Å². The number of hydrogen-bond donors (Lipinski definition) is 5. The van der Waals surface area contributed by atoms with Gasteiger partial charge in [0.25, 0.3) is 21.5 Å². The van der Waals surface area contributed by atoms with Gasteiger partial charge in [0.2, 0.25) is 16.6 Å². The maximum absolute atomic E-state index is 12.8. The van der Waals surface area contributed by atoms with Crippen molar-refractivity contribution < 1.29 is 32.8 Å². The second-order valence-electron chi connectivity index (χ2n) is 8.70. The minimum absolute atomic E-state index is 0.164. The standard InChI is InChI=1S/C24H16N8O12S/c33-20-8-7-17(27-28-18-9-15(31(38)39)10-19(23(18)34)32(40)41)24(35)22(20)29-26-13-3-1-12(2-4-13)25-16-6-5-14(30(36)37)11-21(16)45(42,43)44/h1-11,25-26,28,34H,(H,42,43,44). The third kappa shape index (κ3) is 7.07. The van der Waals surface area contributed by atoms with Gasteiger partial charge < -0.3 is 10.4 Å². The van der Waals surface area contributed by atoms with Gasteiger partial charge in [-0.05, 0) is 42.5 Å². The van der Waals surface area contributed by atoms with Crippen LogP contribution in [0.3, 0.4) is 0 Å².